The first-order valence-corrected chi connectivity index (χ1v) is 7.70. The van der Waals surface area contributed by atoms with E-state index in [1.807, 2.05) is 43.8 Å². The minimum absolute atomic E-state index is 0.0715. The monoisotopic (exact) mass is 283 g/mol. The molecule has 1 amide bonds. The molecule has 2 rings (SSSR count). The maximum absolute atomic E-state index is 12.0. The van der Waals surface area contributed by atoms with Gasteiger partial charge in [-0.25, -0.2) is 0 Å². The minimum atomic E-state index is 0.0715. The normalized spacial score (nSPS) is 20.1. The van der Waals surface area contributed by atoms with E-state index in [0.717, 1.165) is 29.2 Å². The van der Waals surface area contributed by atoms with Crippen LogP contribution in [0.25, 0.3) is 0 Å². The standard InChI is InChI=1S/C14H18ClNOS/c1-3-9(2)14(17)16-12-6-7-18-13-5-4-10(15)8-11(12)13/h4-5,8-9,12H,3,6-7H2,1-2H3,(H,16,17)/t9-,12+/m0/s1. The van der Waals surface area contributed by atoms with Crippen LogP contribution in [-0.2, 0) is 4.79 Å². The SMILES string of the molecule is CC[C@H](C)C(=O)N[C@@H]1CCSc2ccc(Cl)cc21. The Morgan fingerprint density at radius 1 is 1.61 bits per heavy atom. The molecule has 4 heteroatoms. The Hall–Kier alpha value is -0.670. The van der Waals surface area contributed by atoms with Crippen LogP contribution < -0.4 is 5.32 Å². The molecule has 0 unspecified atom stereocenters. The largest absolute Gasteiger partial charge is 0.349 e. The molecule has 1 N–H and O–H groups in total. The van der Waals surface area contributed by atoms with Crippen molar-refractivity contribution in [2.45, 2.75) is 37.6 Å². The number of halogens is 1. The summed E-state index contributed by atoms with van der Waals surface area (Å²) in [6.45, 7) is 4.00. The van der Waals surface area contributed by atoms with Crippen molar-refractivity contribution < 1.29 is 4.79 Å². The van der Waals surface area contributed by atoms with Crippen LogP contribution >= 0.6 is 23.4 Å². The number of fused-ring (bicyclic) bond motifs is 1. The second kappa shape index (κ2) is 5.98. The predicted molar refractivity (Wildman–Crippen MR) is 77.1 cm³/mol. The maximum atomic E-state index is 12.0. The number of carbonyl (C=O) groups is 1. The van der Waals surface area contributed by atoms with E-state index in [1.54, 1.807) is 0 Å². The Balaban J connectivity index is 2.17. The van der Waals surface area contributed by atoms with Crippen molar-refractivity contribution in [3.8, 4) is 0 Å². The lowest BCUT2D eigenvalue weighted by atomic mass is 10.0. The van der Waals surface area contributed by atoms with Crippen LogP contribution in [0.3, 0.4) is 0 Å². The second-order valence-electron chi connectivity index (χ2n) is 4.69. The van der Waals surface area contributed by atoms with Crippen LogP contribution in [0.1, 0.15) is 38.3 Å². The summed E-state index contributed by atoms with van der Waals surface area (Å²) in [5.74, 6) is 1.25. The zero-order valence-electron chi connectivity index (χ0n) is 10.7. The van der Waals surface area contributed by atoms with Crippen molar-refractivity contribution in [1.29, 1.82) is 0 Å². The molecule has 1 aliphatic heterocycles. The zero-order valence-corrected chi connectivity index (χ0v) is 12.3. The lowest BCUT2D eigenvalue weighted by Gasteiger charge is -2.27. The van der Waals surface area contributed by atoms with Gasteiger partial charge in [-0.2, -0.15) is 0 Å². The van der Waals surface area contributed by atoms with Gasteiger partial charge in [0.1, 0.15) is 0 Å². The third kappa shape index (κ3) is 3.01. The van der Waals surface area contributed by atoms with Crippen molar-refractivity contribution in [3.63, 3.8) is 0 Å². The lowest BCUT2D eigenvalue weighted by Crippen LogP contribution is -2.34. The van der Waals surface area contributed by atoms with Crippen LogP contribution in [0.5, 0.6) is 0 Å². The molecule has 2 nitrogen and oxygen atoms in total. The Labute approximate surface area is 117 Å². The van der Waals surface area contributed by atoms with Crippen molar-refractivity contribution in [1.82, 2.24) is 5.32 Å². The molecule has 0 bridgehead atoms. The number of hydrogen-bond acceptors (Lipinski definition) is 2. The highest BCUT2D eigenvalue weighted by atomic mass is 35.5. The van der Waals surface area contributed by atoms with Crippen molar-refractivity contribution in [2.75, 3.05) is 5.75 Å². The van der Waals surface area contributed by atoms with Crippen molar-refractivity contribution in [3.05, 3.63) is 28.8 Å². The Kier molecular flexibility index (Phi) is 4.57. The fourth-order valence-corrected chi connectivity index (χ4v) is 3.30. The molecule has 0 radical (unpaired) electrons. The Bertz CT molecular complexity index is 449. The van der Waals surface area contributed by atoms with E-state index < -0.39 is 0 Å². The molecule has 1 heterocycles. The molecule has 0 spiro atoms. The van der Waals surface area contributed by atoms with Crippen LogP contribution in [0, 0.1) is 5.92 Å². The van der Waals surface area contributed by atoms with Crippen molar-refractivity contribution >= 4 is 29.3 Å². The Morgan fingerprint density at radius 3 is 3.11 bits per heavy atom. The summed E-state index contributed by atoms with van der Waals surface area (Å²) in [6.07, 6.45) is 1.84. The summed E-state index contributed by atoms with van der Waals surface area (Å²) in [6, 6.07) is 6.04. The molecule has 1 aliphatic rings. The van der Waals surface area contributed by atoms with Gasteiger partial charge in [0, 0.05) is 21.6 Å². The first kappa shape index (κ1) is 13.8. The summed E-state index contributed by atoms with van der Waals surface area (Å²) in [5.41, 5.74) is 1.16. The molecule has 0 fully saturated rings. The first-order valence-electron chi connectivity index (χ1n) is 6.34. The zero-order chi connectivity index (χ0) is 13.1. The first-order chi connectivity index (χ1) is 8.61. The summed E-state index contributed by atoms with van der Waals surface area (Å²) in [5, 5.41) is 3.88. The number of hydrogen-bond donors (Lipinski definition) is 1. The van der Waals surface area contributed by atoms with Gasteiger partial charge < -0.3 is 5.32 Å². The Morgan fingerprint density at radius 2 is 2.39 bits per heavy atom. The fourth-order valence-electron chi connectivity index (χ4n) is 2.01. The van der Waals surface area contributed by atoms with Gasteiger partial charge in [-0.05, 0) is 36.6 Å². The van der Waals surface area contributed by atoms with E-state index in [0.29, 0.717) is 0 Å². The van der Waals surface area contributed by atoms with Gasteiger partial charge in [0.2, 0.25) is 5.91 Å². The van der Waals surface area contributed by atoms with Gasteiger partial charge >= 0.3 is 0 Å². The number of amides is 1. The molecule has 0 aliphatic carbocycles. The predicted octanol–water partition coefficient (Wildman–Crippen LogP) is 4.04. The molecule has 0 aromatic heterocycles. The van der Waals surface area contributed by atoms with Crippen molar-refractivity contribution in [2.24, 2.45) is 5.92 Å². The average molecular weight is 284 g/mol. The van der Waals surface area contributed by atoms with Crippen LogP contribution in [0.15, 0.2) is 23.1 Å². The molecule has 1 aromatic rings. The molecule has 18 heavy (non-hydrogen) atoms. The smallest absolute Gasteiger partial charge is 0.223 e. The molecule has 2 atom stereocenters. The van der Waals surface area contributed by atoms with Crippen LogP contribution in [0.4, 0.5) is 0 Å². The summed E-state index contributed by atoms with van der Waals surface area (Å²) in [7, 11) is 0. The van der Waals surface area contributed by atoms with Gasteiger partial charge in [-0.15, -0.1) is 11.8 Å². The van der Waals surface area contributed by atoms with Gasteiger partial charge in [-0.3, -0.25) is 4.79 Å². The fraction of sp³-hybridized carbons (Fsp3) is 0.500. The average Bonchev–Trinajstić information content (AvgIpc) is 2.38. The number of carbonyl (C=O) groups excluding carboxylic acids is 1. The van der Waals surface area contributed by atoms with Crippen LogP contribution in [-0.4, -0.2) is 11.7 Å². The minimum Gasteiger partial charge on any atom is -0.349 e. The number of nitrogens with one attached hydrogen (secondary N) is 1. The van der Waals surface area contributed by atoms with Gasteiger partial charge in [-0.1, -0.05) is 25.4 Å². The van der Waals surface area contributed by atoms with Gasteiger partial charge in [0.05, 0.1) is 6.04 Å². The number of benzene rings is 1. The van der Waals surface area contributed by atoms with E-state index >= 15 is 0 Å². The van der Waals surface area contributed by atoms with E-state index in [2.05, 4.69) is 5.32 Å². The summed E-state index contributed by atoms with van der Waals surface area (Å²) >= 11 is 7.88. The third-order valence-electron chi connectivity index (χ3n) is 3.39. The quantitative estimate of drug-likeness (QED) is 0.907. The highest BCUT2D eigenvalue weighted by Crippen LogP contribution is 2.37. The highest BCUT2D eigenvalue weighted by molar-refractivity contribution is 7.99. The summed E-state index contributed by atoms with van der Waals surface area (Å²) < 4.78 is 0. The van der Waals surface area contributed by atoms with Gasteiger partial charge in [0.25, 0.3) is 0 Å². The molecular weight excluding hydrogens is 266 g/mol. The topological polar surface area (TPSA) is 29.1 Å². The second-order valence-corrected chi connectivity index (χ2v) is 6.26. The molecule has 98 valence electrons. The van der Waals surface area contributed by atoms with E-state index in [1.165, 1.54) is 4.90 Å². The maximum Gasteiger partial charge on any atom is 0.223 e. The lowest BCUT2D eigenvalue weighted by molar-refractivity contribution is -0.125. The third-order valence-corrected chi connectivity index (χ3v) is 4.75. The molecular formula is C14H18ClNOS. The van der Waals surface area contributed by atoms with Crippen LogP contribution in [0.2, 0.25) is 5.02 Å². The highest BCUT2D eigenvalue weighted by Gasteiger charge is 2.23. The van der Waals surface area contributed by atoms with E-state index in [4.69, 9.17) is 11.6 Å². The summed E-state index contributed by atoms with van der Waals surface area (Å²) in [4.78, 5) is 13.2. The molecule has 0 saturated carbocycles. The molecule has 0 saturated heterocycles. The number of thioether (sulfide) groups is 1. The van der Waals surface area contributed by atoms with E-state index in [-0.39, 0.29) is 17.9 Å². The number of rotatable bonds is 3. The molecule has 1 aromatic carbocycles. The van der Waals surface area contributed by atoms with Gasteiger partial charge in [0.15, 0.2) is 0 Å². The van der Waals surface area contributed by atoms with E-state index in [9.17, 15) is 4.79 Å².